The maximum absolute atomic E-state index is 9.56. The van der Waals surface area contributed by atoms with E-state index in [0.717, 1.165) is 31.0 Å². The van der Waals surface area contributed by atoms with Crippen LogP contribution in [0.3, 0.4) is 0 Å². The quantitative estimate of drug-likeness (QED) is 0.740. The minimum atomic E-state index is -0.237. The number of nitrogens with one attached hydrogen (secondary N) is 1. The molecule has 1 aliphatic heterocycles. The lowest BCUT2D eigenvalue weighted by Gasteiger charge is -2.30. The molecule has 15 heavy (non-hydrogen) atoms. The summed E-state index contributed by atoms with van der Waals surface area (Å²) in [4.78, 5) is 10.6. The van der Waals surface area contributed by atoms with Gasteiger partial charge in [0.05, 0.1) is 18.5 Å². The maximum atomic E-state index is 9.56. The lowest BCUT2D eigenvalue weighted by atomic mass is 10.1. The van der Waals surface area contributed by atoms with Crippen LogP contribution in [0.1, 0.15) is 12.8 Å². The number of hydrogen-bond acceptors (Lipinski definition) is 5. The third kappa shape index (κ3) is 2.36. The second-order valence-corrected chi connectivity index (χ2v) is 3.75. The van der Waals surface area contributed by atoms with Crippen LogP contribution < -0.4 is 10.2 Å². The molecular weight excluding hydrogens is 192 g/mol. The zero-order chi connectivity index (χ0) is 10.7. The van der Waals surface area contributed by atoms with Crippen LogP contribution in [0.2, 0.25) is 0 Å². The predicted octanol–water partition coefficient (Wildman–Crippen LogP) is 0.479. The van der Waals surface area contributed by atoms with Crippen LogP contribution in [-0.4, -0.2) is 41.3 Å². The molecule has 82 valence electrons. The van der Waals surface area contributed by atoms with Crippen LogP contribution in [0, 0.1) is 0 Å². The van der Waals surface area contributed by atoms with E-state index in [1.807, 2.05) is 7.05 Å². The van der Waals surface area contributed by atoms with Gasteiger partial charge in [0, 0.05) is 20.1 Å². The molecule has 2 N–H and O–H groups in total. The van der Waals surface area contributed by atoms with Crippen molar-refractivity contribution in [1.29, 1.82) is 0 Å². The van der Waals surface area contributed by atoms with Gasteiger partial charge in [0.15, 0.2) is 0 Å². The zero-order valence-corrected chi connectivity index (χ0v) is 8.85. The summed E-state index contributed by atoms with van der Waals surface area (Å²) in [7, 11) is 1.82. The highest BCUT2D eigenvalue weighted by atomic mass is 16.3. The Bertz CT molecular complexity index is 331. The number of aromatic nitrogens is 2. The van der Waals surface area contributed by atoms with Crippen molar-refractivity contribution in [1.82, 2.24) is 9.97 Å². The topological polar surface area (TPSA) is 61.3 Å². The fraction of sp³-hybridized carbons (Fsp3) is 0.600. The van der Waals surface area contributed by atoms with Gasteiger partial charge < -0.3 is 15.3 Å². The molecule has 0 aromatic carbocycles. The molecule has 1 atom stereocenters. The van der Waals surface area contributed by atoms with Crippen LogP contribution in [0.4, 0.5) is 11.6 Å². The number of aliphatic hydroxyl groups is 1. The minimum absolute atomic E-state index is 0.237. The summed E-state index contributed by atoms with van der Waals surface area (Å²) >= 11 is 0. The van der Waals surface area contributed by atoms with Gasteiger partial charge in [0.1, 0.15) is 11.6 Å². The Kier molecular flexibility index (Phi) is 3.01. The Morgan fingerprint density at radius 3 is 3.13 bits per heavy atom. The molecule has 1 aromatic rings. The number of rotatable bonds is 2. The van der Waals surface area contributed by atoms with E-state index in [9.17, 15) is 5.11 Å². The van der Waals surface area contributed by atoms with E-state index in [0.29, 0.717) is 6.54 Å². The standard InChI is InChI=1S/C10H16N4O/c1-11-9-5-12-6-10(13-9)14-4-2-3-8(15)7-14/h5-6,8,15H,2-4,7H2,1H3,(H,11,13). The molecule has 0 spiro atoms. The molecular formula is C10H16N4O. The van der Waals surface area contributed by atoms with Gasteiger partial charge in [-0.25, -0.2) is 4.98 Å². The first-order valence-electron chi connectivity index (χ1n) is 5.22. The molecule has 0 radical (unpaired) electrons. The van der Waals surface area contributed by atoms with Crippen molar-refractivity contribution in [3.05, 3.63) is 12.4 Å². The molecule has 0 amide bonds. The molecule has 1 saturated heterocycles. The van der Waals surface area contributed by atoms with Crippen LogP contribution in [-0.2, 0) is 0 Å². The van der Waals surface area contributed by atoms with E-state index < -0.39 is 0 Å². The van der Waals surface area contributed by atoms with Gasteiger partial charge in [0.25, 0.3) is 0 Å². The van der Waals surface area contributed by atoms with Crippen molar-refractivity contribution in [2.75, 3.05) is 30.4 Å². The fourth-order valence-corrected chi connectivity index (χ4v) is 1.79. The Hall–Kier alpha value is -1.36. The molecule has 5 nitrogen and oxygen atoms in total. The van der Waals surface area contributed by atoms with Crippen LogP contribution in [0.5, 0.6) is 0 Å². The SMILES string of the molecule is CNc1cncc(N2CCCC(O)C2)n1. The maximum Gasteiger partial charge on any atom is 0.149 e. The first-order chi connectivity index (χ1) is 7.29. The van der Waals surface area contributed by atoms with E-state index in [1.165, 1.54) is 0 Å². The average molecular weight is 208 g/mol. The Labute approximate surface area is 89.2 Å². The zero-order valence-electron chi connectivity index (χ0n) is 8.85. The monoisotopic (exact) mass is 208 g/mol. The number of hydrogen-bond donors (Lipinski definition) is 2. The molecule has 2 rings (SSSR count). The normalized spacial score (nSPS) is 21.5. The summed E-state index contributed by atoms with van der Waals surface area (Å²) < 4.78 is 0. The van der Waals surface area contributed by atoms with E-state index >= 15 is 0 Å². The number of piperidine rings is 1. The fourth-order valence-electron chi connectivity index (χ4n) is 1.79. The summed E-state index contributed by atoms with van der Waals surface area (Å²) in [5, 5.41) is 12.5. The molecule has 1 aromatic heterocycles. The smallest absolute Gasteiger partial charge is 0.149 e. The second-order valence-electron chi connectivity index (χ2n) is 3.75. The van der Waals surface area contributed by atoms with E-state index in [2.05, 4.69) is 20.2 Å². The Balaban J connectivity index is 2.13. The second kappa shape index (κ2) is 4.44. The summed E-state index contributed by atoms with van der Waals surface area (Å²) in [6.07, 6.45) is 5.07. The van der Waals surface area contributed by atoms with Crippen molar-refractivity contribution in [3.8, 4) is 0 Å². The minimum Gasteiger partial charge on any atom is -0.391 e. The van der Waals surface area contributed by atoms with Gasteiger partial charge in [-0.2, -0.15) is 0 Å². The lowest BCUT2D eigenvalue weighted by molar-refractivity contribution is 0.154. The molecule has 1 fully saturated rings. The van der Waals surface area contributed by atoms with Crippen molar-refractivity contribution in [2.45, 2.75) is 18.9 Å². The lowest BCUT2D eigenvalue weighted by Crippen LogP contribution is -2.38. The molecule has 0 saturated carbocycles. The Morgan fingerprint density at radius 2 is 2.40 bits per heavy atom. The third-order valence-corrected chi connectivity index (χ3v) is 2.60. The number of β-amino-alcohol motifs (C(OH)–C–C–N with tert-alkyl or cyclic N) is 1. The third-order valence-electron chi connectivity index (χ3n) is 2.60. The van der Waals surface area contributed by atoms with E-state index in [4.69, 9.17) is 0 Å². The largest absolute Gasteiger partial charge is 0.391 e. The van der Waals surface area contributed by atoms with Gasteiger partial charge in [-0.1, -0.05) is 0 Å². The summed E-state index contributed by atoms with van der Waals surface area (Å²) in [5.74, 6) is 1.59. The van der Waals surface area contributed by atoms with Gasteiger partial charge in [0.2, 0.25) is 0 Å². The van der Waals surface area contributed by atoms with Gasteiger partial charge in [-0.3, -0.25) is 4.98 Å². The number of anilines is 2. The first kappa shape index (κ1) is 10.2. The number of aliphatic hydroxyl groups excluding tert-OH is 1. The summed E-state index contributed by atoms with van der Waals surface area (Å²) in [6, 6.07) is 0. The van der Waals surface area contributed by atoms with Gasteiger partial charge >= 0.3 is 0 Å². The summed E-state index contributed by atoms with van der Waals surface area (Å²) in [6.45, 7) is 1.60. The highest BCUT2D eigenvalue weighted by molar-refractivity contribution is 5.43. The van der Waals surface area contributed by atoms with Crippen molar-refractivity contribution >= 4 is 11.6 Å². The van der Waals surface area contributed by atoms with Crippen LogP contribution >= 0.6 is 0 Å². The van der Waals surface area contributed by atoms with Crippen LogP contribution in [0.15, 0.2) is 12.4 Å². The molecule has 2 heterocycles. The summed E-state index contributed by atoms with van der Waals surface area (Å²) in [5.41, 5.74) is 0. The van der Waals surface area contributed by atoms with E-state index in [1.54, 1.807) is 12.4 Å². The average Bonchev–Trinajstić information content (AvgIpc) is 2.29. The molecule has 0 bridgehead atoms. The molecule has 1 unspecified atom stereocenters. The van der Waals surface area contributed by atoms with Crippen molar-refractivity contribution in [2.24, 2.45) is 0 Å². The van der Waals surface area contributed by atoms with Gasteiger partial charge in [-0.15, -0.1) is 0 Å². The first-order valence-corrected chi connectivity index (χ1v) is 5.22. The molecule has 1 aliphatic rings. The van der Waals surface area contributed by atoms with Crippen molar-refractivity contribution in [3.63, 3.8) is 0 Å². The van der Waals surface area contributed by atoms with Gasteiger partial charge in [-0.05, 0) is 12.8 Å². The highest BCUT2D eigenvalue weighted by Gasteiger charge is 2.18. The predicted molar refractivity (Wildman–Crippen MR) is 59.0 cm³/mol. The van der Waals surface area contributed by atoms with Crippen LogP contribution in [0.25, 0.3) is 0 Å². The Morgan fingerprint density at radius 1 is 1.53 bits per heavy atom. The van der Waals surface area contributed by atoms with E-state index in [-0.39, 0.29) is 6.10 Å². The van der Waals surface area contributed by atoms with Crippen molar-refractivity contribution < 1.29 is 5.11 Å². The number of nitrogens with zero attached hydrogens (tertiary/aromatic N) is 3. The highest BCUT2D eigenvalue weighted by Crippen LogP contribution is 2.18. The molecule has 5 heteroatoms. The molecule has 0 aliphatic carbocycles.